The van der Waals surface area contributed by atoms with Crippen LogP contribution in [0.5, 0.6) is 0 Å². The van der Waals surface area contributed by atoms with Crippen molar-refractivity contribution in [3.63, 3.8) is 0 Å². The molecule has 1 aromatic rings. The molecule has 0 aromatic carbocycles. The van der Waals surface area contributed by atoms with Crippen LogP contribution in [0.4, 0.5) is 5.82 Å². The van der Waals surface area contributed by atoms with Gasteiger partial charge in [-0.15, -0.1) is 0 Å². The zero-order chi connectivity index (χ0) is 10.7. The minimum atomic E-state index is 0.421. The average Bonchev–Trinajstić information content (AvgIpc) is 2.13. The molecule has 0 aliphatic heterocycles. The third kappa shape index (κ3) is 2.15. The first-order valence-corrected chi connectivity index (χ1v) is 5.19. The standard InChI is InChI=1S/C10H16ClN3/c1-5-14(7(2)3)10-8(4)9(11)12-6-13-10/h6-7H,5H2,1-4H3. The average molecular weight is 214 g/mol. The maximum atomic E-state index is 5.94. The molecular formula is C10H16ClN3. The van der Waals surface area contributed by atoms with Gasteiger partial charge in [-0.2, -0.15) is 0 Å². The van der Waals surface area contributed by atoms with Gasteiger partial charge in [0.05, 0.1) is 0 Å². The van der Waals surface area contributed by atoms with E-state index in [2.05, 4.69) is 35.6 Å². The number of hydrogen-bond acceptors (Lipinski definition) is 3. The van der Waals surface area contributed by atoms with Crippen LogP contribution < -0.4 is 4.90 Å². The first-order valence-electron chi connectivity index (χ1n) is 4.81. The molecule has 0 saturated heterocycles. The summed E-state index contributed by atoms with van der Waals surface area (Å²) in [6.07, 6.45) is 1.51. The van der Waals surface area contributed by atoms with Crippen molar-refractivity contribution in [3.8, 4) is 0 Å². The summed E-state index contributed by atoms with van der Waals surface area (Å²) in [7, 11) is 0. The Morgan fingerprint density at radius 2 is 2.07 bits per heavy atom. The van der Waals surface area contributed by atoms with Crippen molar-refractivity contribution in [1.82, 2.24) is 9.97 Å². The van der Waals surface area contributed by atoms with Gasteiger partial charge in [-0.05, 0) is 27.7 Å². The van der Waals surface area contributed by atoms with Gasteiger partial charge in [0, 0.05) is 18.2 Å². The molecule has 0 atom stereocenters. The Bertz CT molecular complexity index is 312. The maximum absolute atomic E-state index is 5.94. The quantitative estimate of drug-likeness (QED) is 0.723. The van der Waals surface area contributed by atoms with E-state index in [0.29, 0.717) is 11.2 Å². The predicted molar refractivity (Wildman–Crippen MR) is 59.9 cm³/mol. The van der Waals surface area contributed by atoms with Gasteiger partial charge in [-0.3, -0.25) is 0 Å². The molecule has 0 aliphatic carbocycles. The van der Waals surface area contributed by atoms with Gasteiger partial charge in [0.2, 0.25) is 0 Å². The monoisotopic (exact) mass is 213 g/mol. The lowest BCUT2D eigenvalue weighted by Gasteiger charge is -2.27. The Hall–Kier alpha value is -0.830. The summed E-state index contributed by atoms with van der Waals surface area (Å²) in [6, 6.07) is 0.421. The number of aromatic nitrogens is 2. The molecule has 1 heterocycles. The van der Waals surface area contributed by atoms with Crippen molar-refractivity contribution < 1.29 is 0 Å². The van der Waals surface area contributed by atoms with E-state index in [4.69, 9.17) is 11.6 Å². The molecule has 14 heavy (non-hydrogen) atoms. The Kier molecular flexibility index (Phi) is 3.69. The topological polar surface area (TPSA) is 29.0 Å². The fourth-order valence-corrected chi connectivity index (χ4v) is 1.60. The molecule has 0 aliphatic rings. The Morgan fingerprint density at radius 3 is 2.57 bits per heavy atom. The molecule has 1 rings (SSSR count). The van der Waals surface area contributed by atoms with Gasteiger partial charge < -0.3 is 4.90 Å². The Morgan fingerprint density at radius 1 is 1.43 bits per heavy atom. The molecular weight excluding hydrogens is 198 g/mol. The number of anilines is 1. The molecule has 0 radical (unpaired) electrons. The van der Waals surface area contributed by atoms with Gasteiger partial charge in [0.25, 0.3) is 0 Å². The molecule has 0 bridgehead atoms. The van der Waals surface area contributed by atoms with E-state index < -0.39 is 0 Å². The van der Waals surface area contributed by atoms with E-state index in [0.717, 1.165) is 17.9 Å². The summed E-state index contributed by atoms with van der Waals surface area (Å²) in [6.45, 7) is 9.25. The summed E-state index contributed by atoms with van der Waals surface area (Å²) in [5.74, 6) is 0.933. The maximum Gasteiger partial charge on any atom is 0.137 e. The van der Waals surface area contributed by atoms with Gasteiger partial charge >= 0.3 is 0 Å². The van der Waals surface area contributed by atoms with Gasteiger partial charge in [0.15, 0.2) is 0 Å². The third-order valence-electron chi connectivity index (χ3n) is 2.23. The van der Waals surface area contributed by atoms with Gasteiger partial charge in [-0.1, -0.05) is 11.6 Å². The molecule has 78 valence electrons. The summed E-state index contributed by atoms with van der Waals surface area (Å²) in [4.78, 5) is 10.4. The van der Waals surface area contributed by atoms with E-state index >= 15 is 0 Å². The van der Waals surface area contributed by atoms with Crippen LogP contribution in [0.1, 0.15) is 26.3 Å². The lowest BCUT2D eigenvalue weighted by atomic mass is 10.2. The second-order valence-corrected chi connectivity index (χ2v) is 3.85. The number of halogens is 1. The zero-order valence-corrected chi connectivity index (χ0v) is 9.84. The second-order valence-electron chi connectivity index (χ2n) is 3.49. The molecule has 0 amide bonds. The van der Waals surface area contributed by atoms with Crippen LogP contribution in [0, 0.1) is 6.92 Å². The molecule has 0 fully saturated rings. The molecule has 4 heteroatoms. The highest BCUT2D eigenvalue weighted by atomic mass is 35.5. The van der Waals surface area contributed by atoms with Crippen LogP contribution in [0.15, 0.2) is 6.33 Å². The summed E-state index contributed by atoms with van der Waals surface area (Å²) in [5.41, 5.74) is 0.949. The SMILES string of the molecule is CCN(c1ncnc(Cl)c1C)C(C)C. The zero-order valence-electron chi connectivity index (χ0n) is 9.08. The number of rotatable bonds is 3. The molecule has 1 aromatic heterocycles. The smallest absolute Gasteiger partial charge is 0.137 e. The van der Waals surface area contributed by atoms with Crippen LogP contribution in [-0.2, 0) is 0 Å². The van der Waals surface area contributed by atoms with Crippen LogP contribution in [0.2, 0.25) is 5.15 Å². The van der Waals surface area contributed by atoms with Gasteiger partial charge in [0.1, 0.15) is 17.3 Å². The number of hydrogen-bond donors (Lipinski definition) is 0. The van der Waals surface area contributed by atoms with Crippen molar-refractivity contribution in [3.05, 3.63) is 17.0 Å². The Balaban J connectivity index is 3.10. The lowest BCUT2D eigenvalue weighted by Crippen LogP contribution is -2.31. The van der Waals surface area contributed by atoms with Crippen molar-refractivity contribution in [2.24, 2.45) is 0 Å². The van der Waals surface area contributed by atoms with E-state index in [9.17, 15) is 0 Å². The van der Waals surface area contributed by atoms with Crippen LogP contribution in [0.3, 0.4) is 0 Å². The predicted octanol–water partition coefficient (Wildman–Crippen LogP) is 2.67. The van der Waals surface area contributed by atoms with Crippen molar-refractivity contribution in [2.75, 3.05) is 11.4 Å². The summed E-state index contributed by atoms with van der Waals surface area (Å²) in [5, 5.41) is 0.536. The first kappa shape index (κ1) is 11.2. The highest BCUT2D eigenvalue weighted by molar-refractivity contribution is 6.30. The minimum Gasteiger partial charge on any atom is -0.354 e. The first-order chi connectivity index (χ1) is 6.57. The summed E-state index contributed by atoms with van der Waals surface area (Å²) >= 11 is 5.94. The largest absolute Gasteiger partial charge is 0.354 e. The van der Waals surface area contributed by atoms with Crippen LogP contribution in [0.25, 0.3) is 0 Å². The molecule has 3 nitrogen and oxygen atoms in total. The van der Waals surface area contributed by atoms with Gasteiger partial charge in [-0.25, -0.2) is 9.97 Å². The molecule has 0 N–H and O–H groups in total. The summed E-state index contributed by atoms with van der Waals surface area (Å²) < 4.78 is 0. The third-order valence-corrected chi connectivity index (χ3v) is 2.61. The fraction of sp³-hybridized carbons (Fsp3) is 0.600. The lowest BCUT2D eigenvalue weighted by molar-refractivity contribution is 0.689. The van der Waals surface area contributed by atoms with E-state index in [-0.39, 0.29) is 0 Å². The van der Waals surface area contributed by atoms with Crippen LogP contribution in [-0.4, -0.2) is 22.6 Å². The van der Waals surface area contributed by atoms with Crippen molar-refractivity contribution in [2.45, 2.75) is 33.7 Å². The fourth-order valence-electron chi connectivity index (χ4n) is 1.47. The molecule has 0 saturated carbocycles. The second kappa shape index (κ2) is 4.60. The van der Waals surface area contributed by atoms with Crippen molar-refractivity contribution in [1.29, 1.82) is 0 Å². The van der Waals surface area contributed by atoms with E-state index in [1.807, 2.05) is 6.92 Å². The normalized spacial score (nSPS) is 10.7. The highest BCUT2D eigenvalue weighted by Crippen LogP contribution is 2.23. The molecule has 0 spiro atoms. The Labute approximate surface area is 90.1 Å². The van der Waals surface area contributed by atoms with E-state index in [1.54, 1.807) is 0 Å². The number of nitrogens with zero attached hydrogens (tertiary/aromatic N) is 3. The molecule has 0 unspecified atom stereocenters. The van der Waals surface area contributed by atoms with Crippen molar-refractivity contribution >= 4 is 17.4 Å². The highest BCUT2D eigenvalue weighted by Gasteiger charge is 2.14. The van der Waals surface area contributed by atoms with Crippen LogP contribution >= 0.6 is 11.6 Å². The van der Waals surface area contributed by atoms with E-state index in [1.165, 1.54) is 6.33 Å². The minimum absolute atomic E-state index is 0.421.